The second kappa shape index (κ2) is 7.87. The molecule has 0 bridgehead atoms. The lowest BCUT2D eigenvalue weighted by molar-refractivity contribution is -0.123. The zero-order chi connectivity index (χ0) is 20.3. The minimum Gasteiger partial charge on any atom is -0.452 e. The Morgan fingerprint density at radius 1 is 1.07 bits per heavy atom. The molecule has 0 atom stereocenters. The van der Waals surface area contributed by atoms with Crippen molar-refractivity contribution in [2.45, 2.75) is 13.8 Å². The predicted molar refractivity (Wildman–Crippen MR) is 105 cm³/mol. The van der Waals surface area contributed by atoms with Gasteiger partial charge < -0.3 is 10.5 Å². The molecule has 0 radical (unpaired) electrons. The number of urea groups is 1. The van der Waals surface area contributed by atoms with Crippen molar-refractivity contribution in [3.05, 3.63) is 65.2 Å². The van der Waals surface area contributed by atoms with Gasteiger partial charge in [0.15, 0.2) is 6.61 Å². The van der Waals surface area contributed by atoms with Gasteiger partial charge >= 0.3 is 12.0 Å². The first-order chi connectivity index (χ1) is 13.3. The van der Waals surface area contributed by atoms with E-state index >= 15 is 0 Å². The molecule has 0 fully saturated rings. The van der Waals surface area contributed by atoms with Crippen molar-refractivity contribution in [3.63, 3.8) is 0 Å². The molecule has 3 N–H and O–H groups in total. The van der Waals surface area contributed by atoms with E-state index in [9.17, 15) is 14.4 Å². The van der Waals surface area contributed by atoms with Crippen molar-refractivity contribution >= 4 is 28.8 Å². The number of rotatable bonds is 4. The molecule has 1 heterocycles. The van der Waals surface area contributed by atoms with E-state index in [1.807, 2.05) is 43.4 Å². The highest BCUT2D eigenvalue weighted by Crippen LogP contribution is 2.28. The normalized spacial score (nSPS) is 10.5. The molecule has 0 saturated heterocycles. The summed E-state index contributed by atoms with van der Waals surface area (Å²) in [6.07, 6.45) is 0. The standard InChI is InChI=1S/C21H19N3O4/c1-12-7-8-14(13(2)9-12)18-10-16(15-5-3-4-6-17(15)23-18)20(26)28-11-19(25)24-21(22)27/h3-10H,11H2,1-2H3,(H3,22,24,25,27). The summed E-state index contributed by atoms with van der Waals surface area (Å²) in [5, 5.41) is 2.45. The Morgan fingerprint density at radius 3 is 2.54 bits per heavy atom. The van der Waals surface area contributed by atoms with Gasteiger partial charge in [-0.1, -0.05) is 42.0 Å². The van der Waals surface area contributed by atoms with Crippen LogP contribution in [0.3, 0.4) is 0 Å². The zero-order valence-corrected chi connectivity index (χ0v) is 15.5. The Balaban J connectivity index is 2.00. The number of imide groups is 1. The van der Waals surface area contributed by atoms with Crippen LogP contribution in [0.5, 0.6) is 0 Å². The van der Waals surface area contributed by atoms with E-state index < -0.39 is 24.5 Å². The van der Waals surface area contributed by atoms with Crippen LogP contribution in [0.25, 0.3) is 22.2 Å². The van der Waals surface area contributed by atoms with E-state index in [-0.39, 0.29) is 5.56 Å². The molecule has 1 aromatic heterocycles. The maximum Gasteiger partial charge on any atom is 0.339 e. The second-order valence-electron chi connectivity index (χ2n) is 6.38. The monoisotopic (exact) mass is 377 g/mol. The minimum atomic E-state index is -1.01. The van der Waals surface area contributed by atoms with E-state index in [2.05, 4.69) is 4.98 Å². The van der Waals surface area contributed by atoms with E-state index in [4.69, 9.17) is 10.5 Å². The molecule has 7 heteroatoms. The molecule has 0 aliphatic carbocycles. The maximum atomic E-state index is 12.6. The fourth-order valence-corrected chi connectivity index (χ4v) is 2.97. The lowest BCUT2D eigenvalue weighted by Crippen LogP contribution is -2.37. The number of amides is 3. The molecule has 0 saturated carbocycles. The highest BCUT2D eigenvalue weighted by atomic mass is 16.5. The van der Waals surface area contributed by atoms with Crippen LogP contribution in [0.4, 0.5) is 4.79 Å². The number of nitrogens with one attached hydrogen (secondary N) is 1. The molecular formula is C21H19N3O4. The van der Waals surface area contributed by atoms with Gasteiger partial charge in [-0.25, -0.2) is 14.6 Å². The lowest BCUT2D eigenvalue weighted by atomic mass is 9.99. The number of para-hydroxylation sites is 1. The van der Waals surface area contributed by atoms with Crippen LogP contribution in [0.2, 0.25) is 0 Å². The fraction of sp³-hybridized carbons (Fsp3) is 0.143. The Morgan fingerprint density at radius 2 is 1.82 bits per heavy atom. The molecule has 0 unspecified atom stereocenters. The van der Waals surface area contributed by atoms with Crippen LogP contribution in [0.1, 0.15) is 21.5 Å². The Bertz CT molecular complexity index is 1090. The quantitative estimate of drug-likeness (QED) is 0.679. The minimum absolute atomic E-state index is 0.285. The van der Waals surface area contributed by atoms with Gasteiger partial charge in [-0.3, -0.25) is 10.1 Å². The number of hydrogen-bond donors (Lipinski definition) is 2. The lowest BCUT2D eigenvalue weighted by Gasteiger charge is -2.12. The third kappa shape index (κ3) is 4.15. The number of aryl methyl sites for hydroxylation is 2. The van der Waals surface area contributed by atoms with Crippen LogP contribution in [0, 0.1) is 13.8 Å². The van der Waals surface area contributed by atoms with E-state index in [0.29, 0.717) is 16.6 Å². The van der Waals surface area contributed by atoms with Crippen LogP contribution < -0.4 is 11.1 Å². The first-order valence-electron chi connectivity index (χ1n) is 8.59. The van der Waals surface area contributed by atoms with Gasteiger partial charge in [-0.2, -0.15) is 0 Å². The number of esters is 1. The molecule has 142 valence electrons. The van der Waals surface area contributed by atoms with Crippen LogP contribution in [0.15, 0.2) is 48.5 Å². The molecule has 0 aliphatic heterocycles. The van der Waals surface area contributed by atoms with Gasteiger partial charge in [0, 0.05) is 10.9 Å². The third-order valence-electron chi connectivity index (χ3n) is 4.19. The van der Waals surface area contributed by atoms with Gasteiger partial charge in [0.1, 0.15) is 0 Å². The summed E-state index contributed by atoms with van der Waals surface area (Å²) in [5.74, 6) is -1.49. The smallest absolute Gasteiger partial charge is 0.339 e. The molecular weight excluding hydrogens is 358 g/mol. The highest BCUT2D eigenvalue weighted by Gasteiger charge is 2.17. The van der Waals surface area contributed by atoms with Gasteiger partial charge in [0.2, 0.25) is 0 Å². The summed E-state index contributed by atoms with van der Waals surface area (Å²) in [4.78, 5) is 39.5. The summed E-state index contributed by atoms with van der Waals surface area (Å²) in [5.41, 5.74) is 9.48. The number of pyridine rings is 1. The molecule has 7 nitrogen and oxygen atoms in total. The van der Waals surface area contributed by atoms with E-state index in [0.717, 1.165) is 16.7 Å². The number of carbonyl (C=O) groups is 3. The van der Waals surface area contributed by atoms with Crippen molar-refractivity contribution in [3.8, 4) is 11.3 Å². The number of primary amides is 1. The maximum absolute atomic E-state index is 12.6. The summed E-state index contributed by atoms with van der Waals surface area (Å²) >= 11 is 0. The Kier molecular flexibility index (Phi) is 5.35. The first-order valence-corrected chi connectivity index (χ1v) is 8.59. The predicted octanol–water partition coefficient (Wildman–Crippen LogP) is 2.87. The average Bonchev–Trinajstić information content (AvgIpc) is 2.64. The number of nitrogens with zero attached hydrogens (tertiary/aromatic N) is 1. The number of carbonyl (C=O) groups excluding carboxylic acids is 3. The fourth-order valence-electron chi connectivity index (χ4n) is 2.97. The number of ether oxygens (including phenoxy) is 1. The topological polar surface area (TPSA) is 111 Å². The molecule has 3 amide bonds. The molecule has 0 spiro atoms. The van der Waals surface area contributed by atoms with Gasteiger partial charge in [0.25, 0.3) is 5.91 Å². The van der Waals surface area contributed by atoms with Crippen molar-refractivity contribution in [2.24, 2.45) is 5.73 Å². The summed E-state index contributed by atoms with van der Waals surface area (Å²) in [6, 6.07) is 13.8. The highest BCUT2D eigenvalue weighted by molar-refractivity contribution is 6.05. The van der Waals surface area contributed by atoms with Gasteiger partial charge in [0.05, 0.1) is 16.8 Å². The van der Waals surface area contributed by atoms with Crippen LogP contribution in [-0.2, 0) is 9.53 Å². The molecule has 0 aliphatic rings. The molecule has 3 aromatic rings. The Labute approximate surface area is 161 Å². The zero-order valence-electron chi connectivity index (χ0n) is 15.5. The Hall–Kier alpha value is -3.74. The number of benzene rings is 2. The second-order valence-corrected chi connectivity index (χ2v) is 6.38. The average molecular weight is 377 g/mol. The van der Waals surface area contributed by atoms with Crippen molar-refractivity contribution in [1.29, 1.82) is 0 Å². The molecule has 28 heavy (non-hydrogen) atoms. The number of aromatic nitrogens is 1. The molecule has 3 rings (SSSR count). The van der Waals surface area contributed by atoms with Crippen LogP contribution in [-0.4, -0.2) is 29.5 Å². The van der Waals surface area contributed by atoms with Crippen molar-refractivity contribution < 1.29 is 19.1 Å². The van der Waals surface area contributed by atoms with Crippen LogP contribution >= 0.6 is 0 Å². The van der Waals surface area contributed by atoms with Gasteiger partial charge in [-0.05, 0) is 31.5 Å². The van der Waals surface area contributed by atoms with Crippen molar-refractivity contribution in [2.75, 3.05) is 6.61 Å². The summed E-state index contributed by atoms with van der Waals surface area (Å²) < 4.78 is 5.05. The molecule has 2 aromatic carbocycles. The summed E-state index contributed by atoms with van der Waals surface area (Å²) in [7, 11) is 0. The number of nitrogens with two attached hydrogens (primary N) is 1. The number of fused-ring (bicyclic) bond motifs is 1. The first kappa shape index (κ1) is 19.0. The number of hydrogen-bond acceptors (Lipinski definition) is 5. The largest absolute Gasteiger partial charge is 0.452 e. The van der Waals surface area contributed by atoms with Crippen molar-refractivity contribution in [1.82, 2.24) is 10.3 Å². The van der Waals surface area contributed by atoms with E-state index in [1.54, 1.807) is 24.3 Å². The van der Waals surface area contributed by atoms with E-state index in [1.165, 1.54) is 0 Å². The van der Waals surface area contributed by atoms with Gasteiger partial charge in [-0.15, -0.1) is 0 Å². The SMILES string of the molecule is Cc1ccc(-c2cc(C(=O)OCC(=O)NC(N)=O)c3ccccc3n2)c(C)c1. The third-order valence-corrected chi connectivity index (χ3v) is 4.19. The summed E-state index contributed by atoms with van der Waals surface area (Å²) in [6.45, 7) is 3.37.